The van der Waals surface area contributed by atoms with Crippen LogP contribution in [0.25, 0.3) is 11.1 Å². The quantitative estimate of drug-likeness (QED) is 0.544. The van der Waals surface area contributed by atoms with Crippen molar-refractivity contribution in [2.24, 2.45) is 4.99 Å². The molecular formula is C19H14ClN. The van der Waals surface area contributed by atoms with E-state index >= 15 is 0 Å². The molecule has 3 aromatic carbocycles. The zero-order valence-corrected chi connectivity index (χ0v) is 12.2. The predicted molar refractivity (Wildman–Crippen MR) is 90.6 cm³/mol. The van der Waals surface area contributed by atoms with Crippen LogP contribution in [0, 0.1) is 0 Å². The summed E-state index contributed by atoms with van der Waals surface area (Å²) in [4.78, 5) is 4.47. The molecule has 0 amide bonds. The Bertz CT molecular complexity index is 746. The molecule has 3 rings (SSSR count). The van der Waals surface area contributed by atoms with Gasteiger partial charge in [-0.05, 0) is 47.0 Å². The number of hydrogen-bond acceptors (Lipinski definition) is 1. The Morgan fingerprint density at radius 1 is 0.714 bits per heavy atom. The maximum Gasteiger partial charge on any atom is 0.0630 e. The molecule has 0 spiro atoms. The van der Waals surface area contributed by atoms with Gasteiger partial charge in [-0.2, -0.15) is 0 Å². The maximum atomic E-state index is 5.87. The minimum Gasteiger partial charge on any atom is -0.256 e. The summed E-state index contributed by atoms with van der Waals surface area (Å²) in [5, 5.41) is 0.722. The van der Waals surface area contributed by atoms with E-state index in [9.17, 15) is 0 Å². The molecule has 0 radical (unpaired) electrons. The van der Waals surface area contributed by atoms with Crippen LogP contribution in [0.3, 0.4) is 0 Å². The Hall–Kier alpha value is -2.38. The lowest BCUT2D eigenvalue weighted by Crippen LogP contribution is -1.83. The average Bonchev–Trinajstić information content (AvgIpc) is 2.55. The zero-order valence-electron chi connectivity index (χ0n) is 11.4. The molecule has 0 saturated carbocycles. The monoisotopic (exact) mass is 291 g/mol. The minimum atomic E-state index is 0.722. The molecule has 0 atom stereocenters. The Labute approximate surface area is 129 Å². The molecule has 0 saturated heterocycles. The van der Waals surface area contributed by atoms with Crippen molar-refractivity contribution in [2.45, 2.75) is 0 Å². The van der Waals surface area contributed by atoms with Gasteiger partial charge in [0.25, 0.3) is 0 Å². The summed E-state index contributed by atoms with van der Waals surface area (Å²) >= 11 is 5.87. The third-order valence-electron chi connectivity index (χ3n) is 3.18. The molecule has 0 aliphatic carbocycles. The normalized spacial score (nSPS) is 10.9. The highest BCUT2D eigenvalue weighted by Crippen LogP contribution is 2.20. The Kier molecular flexibility index (Phi) is 4.13. The lowest BCUT2D eigenvalue weighted by atomic mass is 10.0. The van der Waals surface area contributed by atoms with Crippen LogP contribution in [-0.2, 0) is 0 Å². The van der Waals surface area contributed by atoms with Crippen molar-refractivity contribution in [3.8, 4) is 11.1 Å². The largest absolute Gasteiger partial charge is 0.256 e. The number of halogens is 1. The third-order valence-corrected chi connectivity index (χ3v) is 3.44. The van der Waals surface area contributed by atoms with Crippen LogP contribution >= 0.6 is 11.6 Å². The number of hydrogen-bond donors (Lipinski definition) is 0. The van der Waals surface area contributed by atoms with Crippen LogP contribution in [-0.4, -0.2) is 6.21 Å². The van der Waals surface area contributed by atoms with Crippen LogP contribution in [0.4, 0.5) is 5.69 Å². The molecule has 0 unspecified atom stereocenters. The topological polar surface area (TPSA) is 12.4 Å². The number of aliphatic imine (C=N–C) groups is 1. The van der Waals surface area contributed by atoms with Gasteiger partial charge in [0.15, 0.2) is 0 Å². The molecule has 0 heterocycles. The SMILES string of the molecule is Clc1ccc(N=Cc2cccc(-c3ccccc3)c2)cc1. The molecule has 21 heavy (non-hydrogen) atoms. The van der Waals surface area contributed by atoms with Gasteiger partial charge in [-0.1, -0.05) is 60.1 Å². The summed E-state index contributed by atoms with van der Waals surface area (Å²) in [6, 6.07) is 26.2. The molecule has 0 fully saturated rings. The second kappa shape index (κ2) is 6.38. The zero-order chi connectivity index (χ0) is 14.5. The van der Waals surface area contributed by atoms with Crippen molar-refractivity contribution >= 4 is 23.5 Å². The summed E-state index contributed by atoms with van der Waals surface area (Å²) in [5.41, 5.74) is 4.37. The van der Waals surface area contributed by atoms with Crippen molar-refractivity contribution in [3.63, 3.8) is 0 Å². The van der Waals surface area contributed by atoms with Crippen molar-refractivity contribution in [3.05, 3.63) is 89.4 Å². The Balaban J connectivity index is 1.85. The molecule has 0 aliphatic heterocycles. The first-order valence-electron chi connectivity index (χ1n) is 6.76. The van der Waals surface area contributed by atoms with Crippen LogP contribution in [0.2, 0.25) is 5.02 Å². The summed E-state index contributed by atoms with van der Waals surface area (Å²) in [5.74, 6) is 0. The smallest absolute Gasteiger partial charge is 0.0630 e. The first kappa shape index (κ1) is 13.6. The van der Waals surface area contributed by atoms with Gasteiger partial charge in [0.1, 0.15) is 0 Å². The summed E-state index contributed by atoms with van der Waals surface area (Å²) in [6.07, 6.45) is 1.87. The Morgan fingerprint density at radius 3 is 2.19 bits per heavy atom. The first-order chi connectivity index (χ1) is 10.3. The van der Waals surface area contributed by atoms with Crippen LogP contribution in [0.15, 0.2) is 83.9 Å². The van der Waals surface area contributed by atoms with Crippen molar-refractivity contribution in [1.82, 2.24) is 0 Å². The minimum absolute atomic E-state index is 0.722. The highest BCUT2D eigenvalue weighted by molar-refractivity contribution is 6.30. The lowest BCUT2D eigenvalue weighted by Gasteiger charge is -2.02. The number of benzene rings is 3. The predicted octanol–water partition coefficient (Wildman–Crippen LogP) is 5.76. The molecule has 2 heteroatoms. The van der Waals surface area contributed by atoms with Gasteiger partial charge in [-0.15, -0.1) is 0 Å². The van der Waals surface area contributed by atoms with Gasteiger partial charge in [0.05, 0.1) is 5.69 Å². The molecule has 0 N–H and O–H groups in total. The van der Waals surface area contributed by atoms with Gasteiger partial charge in [-0.25, -0.2) is 0 Å². The van der Waals surface area contributed by atoms with Crippen LogP contribution in [0.1, 0.15) is 5.56 Å². The maximum absolute atomic E-state index is 5.87. The first-order valence-corrected chi connectivity index (χ1v) is 7.14. The molecule has 0 bridgehead atoms. The molecule has 102 valence electrons. The van der Waals surface area contributed by atoms with E-state index in [0.29, 0.717) is 0 Å². The van der Waals surface area contributed by atoms with E-state index in [4.69, 9.17) is 11.6 Å². The fourth-order valence-electron chi connectivity index (χ4n) is 2.11. The van der Waals surface area contributed by atoms with Crippen LogP contribution in [0.5, 0.6) is 0 Å². The van der Waals surface area contributed by atoms with Crippen molar-refractivity contribution in [1.29, 1.82) is 0 Å². The van der Waals surface area contributed by atoms with E-state index in [2.05, 4.69) is 29.3 Å². The van der Waals surface area contributed by atoms with Crippen molar-refractivity contribution < 1.29 is 0 Å². The van der Waals surface area contributed by atoms with Gasteiger partial charge in [0, 0.05) is 11.2 Å². The van der Waals surface area contributed by atoms with Gasteiger partial charge in [-0.3, -0.25) is 4.99 Å². The van der Waals surface area contributed by atoms with E-state index in [1.807, 2.05) is 60.8 Å². The fourth-order valence-corrected chi connectivity index (χ4v) is 2.23. The molecule has 3 aromatic rings. The standard InChI is InChI=1S/C19H14ClN/c20-18-9-11-19(12-10-18)21-14-15-5-4-8-17(13-15)16-6-2-1-3-7-16/h1-14H. The summed E-state index contributed by atoms with van der Waals surface area (Å²) in [6.45, 7) is 0. The highest BCUT2D eigenvalue weighted by Gasteiger charge is 1.97. The molecule has 0 aliphatic rings. The fraction of sp³-hybridized carbons (Fsp3) is 0. The van der Waals surface area contributed by atoms with E-state index in [0.717, 1.165) is 16.3 Å². The Morgan fingerprint density at radius 2 is 1.43 bits per heavy atom. The van der Waals surface area contributed by atoms with Crippen LogP contribution < -0.4 is 0 Å². The van der Waals surface area contributed by atoms with Gasteiger partial charge >= 0.3 is 0 Å². The highest BCUT2D eigenvalue weighted by atomic mass is 35.5. The number of rotatable bonds is 3. The number of nitrogens with zero attached hydrogens (tertiary/aromatic N) is 1. The van der Waals surface area contributed by atoms with E-state index < -0.39 is 0 Å². The van der Waals surface area contributed by atoms with Crippen molar-refractivity contribution in [2.75, 3.05) is 0 Å². The second-order valence-electron chi connectivity index (χ2n) is 4.73. The summed E-state index contributed by atoms with van der Waals surface area (Å²) < 4.78 is 0. The molecule has 1 nitrogen and oxygen atoms in total. The summed E-state index contributed by atoms with van der Waals surface area (Å²) in [7, 11) is 0. The third kappa shape index (κ3) is 3.59. The molecule has 0 aromatic heterocycles. The van der Waals surface area contributed by atoms with E-state index in [-0.39, 0.29) is 0 Å². The van der Waals surface area contributed by atoms with Gasteiger partial charge in [0.2, 0.25) is 0 Å². The average molecular weight is 292 g/mol. The van der Waals surface area contributed by atoms with E-state index in [1.165, 1.54) is 11.1 Å². The van der Waals surface area contributed by atoms with E-state index in [1.54, 1.807) is 0 Å². The lowest BCUT2D eigenvalue weighted by molar-refractivity contribution is 1.52. The van der Waals surface area contributed by atoms with Gasteiger partial charge < -0.3 is 0 Å². The second-order valence-corrected chi connectivity index (χ2v) is 5.16. The molecular weight excluding hydrogens is 278 g/mol.